The Morgan fingerprint density at radius 1 is 1.14 bits per heavy atom. The Balaban J connectivity index is 2.01. The molecule has 4 nitrogen and oxygen atoms in total. The highest BCUT2D eigenvalue weighted by molar-refractivity contribution is 5.87. The van der Waals surface area contributed by atoms with Gasteiger partial charge in [0.15, 0.2) is 0 Å². The first-order chi connectivity index (χ1) is 9.69. The topological polar surface area (TPSA) is 59.3 Å². The molecule has 4 rings (SSSR count). The van der Waals surface area contributed by atoms with Gasteiger partial charge in [0.2, 0.25) is 0 Å². The molecule has 0 saturated heterocycles. The Morgan fingerprint density at radius 2 is 1.76 bits per heavy atom. The Kier molecular flexibility index (Phi) is 2.85. The highest BCUT2D eigenvalue weighted by Crippen LogP contribution is 2.69. The molecule has 0 aromatic carbocycles. The van der Waals surface area contributed by atoms with Crippen LogP contribution in [0.3, 0.4) is 0 Å². The lowest BCUT2D eigenvalue weighted by molar-refractivity contribution is -0.258. The van der Waals surface area contributed by atoms with Crippen LogP contribution in [-0.2, 0) is 14.3 Å². The predicted molar refractivity (Wildman–Crippen MR) is 77.2 cm³/mol. The number of nitriles is 1. The van der Waals surface area contributed by atoms with Crippen LogP contribution < -0.4 is 0 Å². The van der Waals surface area contributed by atoms with Crippen LogP contribution in [0.25, 0.3) is 0 Å². The van der Waals surface area contributed by atoms with E-state index in [0.29, 0.717) is 18.4 Å². The summed E-state index contributed by atoms with van der Waals surface area (Å²) in [6, 6.07) is 2.53. The van der Waals surface area contributed by atoms with E-state index in [4.69, 9.17) is 9.47 Å². The van der Waals surface area contributed by atoms with E-state index in [-0.39, 0.29) is 17.0 Å². The third-order valence-corrected chi connectivity index (χ3v) is 5.56. The zero-order valence-corrected chi connectivity index (χ0v) is 13.1. The molecular formula is C17H23NO3. The summed E-state index contributed by atoms with van der Waals surface area (Å²) in [6.07, 6.45) is 4.76. The van der Waals surface area contributed by atoms with Crippen molar-refractivity contribution in [1.29, 1.82) is 5.26 Å². The smallest absolute Gasteiger partial charge is 0.333 e. The molecule has 4 atom stereocenters. The molecule has 4 aliphatic rings. The maximum Gasteiger partial charge on any atom is 0.333 e. The molecule has 4 heteroatoms. The quantitative estimate of drug-likeness (QED) is 0.591. The molecule has 4 fully saturated rings. The minimum Gasteiger partial charge on any atom is -0.456 e. The summed E-state index contributed by atoms with van der Waals surface area (Å²) in [5, 5.41) is 9.75. The fourth-order valence-corrected chi connectivity index (χ4v) is 5.67. The van der Waals surface area contributed by atoms with Crippen molar-refractivity contribution in [1.82, 2.24) is 0 Å². The minimum atomic E-state index is -0.564. The summed E-state index contributed by atoms with van der Waals surface area (Å²) in [6.45, 7) is 7.54. The van der Waals surface area contributed by atoms with Gasteiger partial charge in [-0.3, -0.25) is 0 Å². The van der Waals surface area contributed by atoms with E-state index >= 15 is 0 Å². The summed E-state index contributed by atoms with van der Waals surface area (Å²) < 4.78 is 11.7. The molecular weight excluding hydrogens is 266 g/mol. The first-order valence-electron chi connectivity index (χ1n) is 7.54. The second-order valence-corrected chi connectivity index (χ2v) is 8.00. The number of ether oxygens (including phenoxy) is 2. The lowest BCUT2D eigenvalue weighted by Gasteiger charge is -2.66. The van der Waals surface area contributed by atoms with Gasteiger partial charge >= 0.3 is 5.97 Å². The Bertz CT molecular complexity index is 565. The van der Waals surface area contributed by atoms with Crippen LogP contribution in [-0.4, -0.2) is 24.3 Å². The number of carbonyl (C=O) groups excluding carboxylic acids is 1. The van der Waals surface area contributed by atoms with Gasteiger partial charge < -0.3 is 9.47 Å². The normalized spacial score (nSPS) is 47.0. The summed E-state index contributed by atoms with van der Waals surface area (Å²) in [5.74, 6) is -0.347. The van der Waals surface area contributed by atoms with Crippen molar-refractivity contribution in [3.05, 3.63) is 12.2 Å². The molecule has 0 spiro atoms. The number of methoxy groups -OCH3 is 1. The van der Waals surface area contributed by atoms with Gasteiger partial charge in [-0.1, -0.05) is 13.5 Å². The number of rotatable bonds is 3. The van der Waals surface area contributed by atoms with Crippen molar-refractivity contribution in [2.75, 3.05) is 7.11 Å². The van der Waals surface area contributed by atoms with E-state index in [9.17, 15) is 10.1 Å². The summed E-state index contributed by atoms with van der Waals surface area (Å²) in [4.78, 5) is 12.1. The lowest BCUT2D eigenvalue weighted by atomic mass is 9.42. The molecule has 4 aliphatic carbocycles. The lowest BCUT2D eigenvalue weighted by Crippen LogP contribution is -2.67. The van der Waals surface area contributed by atoms with Gasteiger partial charge in [-0.15, -0.1) is 0 Å². The molecule has 0 N–H and O–H groups in total. The largest absolute Gasteiger partial charge is 0.456 e. The summed E-state index contributed by atoms with van der Waals surface area (Å²) in [5.41, 5.74) is -0.890. The second-order valence-electron chi connectivity index (χ2n) is 8.00. The maximum atomic E-state index is 12.1. The molecule has 0 aromatic rings. The first kappa shape index (κ1) is 14.6. The average Bonchev–Trinajstić information content (AvgIpc) is 2.35. The molecule has 114 valence electrons. The van der Waals surface area contributed by atoms with Gasteiger partial charge in [-0.05, 0) is 38.0 Å². The Labute approximate surface area is 126 Å². The van der Waals surface area contributed by atoms with Crippen molar-refractivity contribution in [2.45, 2.75) is 63.6 Å². The van der Waals surface area contributed by atoms with Gasteiger partial charge in [-0.2, -0.15) is 5.26 Å². The molecule has 21 heavy (non-hydrogen) atoms. The summed E-state index contributed by atoms with van der Waals surface area (Å²) in [7, 11) is 1.72. The monoisotopic (exact) mass is 289 g/mol. The van der Waals surface area contributed by atoms with Crippen molar-refractivity contribution < 1.29 is 14.3 Å². The third-order valence-electron chi connectivity index (χ3n) is 5.56. The molecule has 0 amide bonds. The van der Waals surface area contributed by atoms with E-state index in [0.717, 1.165) is 25.7 Å². The van der Waals surface area contributed by atoms with Gasteiger partial charge in [0, 0.05) is 25.5 Å². The van der Waals surface area contributed by atoms with Crippen LogP contribution in [0.4, 0.5) is 0 Å². The Hall–Kier alpha value is -1.34. The zero-order valence-electron chi connectivity index (χ0n) is 13.1. The van der Waals surface area contributed by atoms with Crippen LogP contribution >= 0.6 is 0 Å². The van der Waals surface area contributed by atoms with E-state index < -0.39 is 11.0 Å². The van der Waals surface area contributed by atoms with Crippen LogP contribution in [0, 0.1) is 22.2 Å². The first-order valence-corrected chi connectivity index (χ1v) is 7.54. The van der Waals surface area contributed by atoms with Crippen LogP contribution in [0.15, 0.2) is 12.2 Å². The molecule has 0 radical (unpaired) electrons. The van der Waals surface area contributed by atoms with Crippen molar-refractivity contribution in [2.24, 2.45) is 10.8 Å². The number of nitrogens with zero attached hydrogens (tertiary/aromatic N) is 1. The van der Waals surface area contributed by atoms with Crippen molar-refractivity contribution in [3.63, 3.8) is 0 Å². The van der Waals surface area contributed by atoms with Crippen LogP contribution in [0.5, 0.6) is 0 Å². The highest BCUT2D eigenvalue weighted by Gasteiger charge is 2.69. The van der Waals surface area contributed by atoms with Crippen LogP contribution in [0.1, 0.15) is 52.4 Å². The van der Waals surface area contributed by atoms with Crippen molar-refractivity contribution >= 4 is 5.97 Å². The fraction of sp³-hybridized carbons (Fsp3) is 0.765. The standard InChI is InChI=1S/C17H23NO3/c1-12(2)13(19)21-17-7-14(3)5-15(9-17,11-18)8-16(6-14,10-17)20-4/h1,5-10H2,2-4H3. The van der Waals surface area contributed by atoms with E-state index in [1.165, 1.54) is 0 Å². The molecule has 4 unspecified atom stereocenters. The third kappa shape index (κ3) is 2.10. The van der Waals surface area contributed by atoms with Gasteiger partial charge in [-0.25, -0.2) is 4.79 Å². The van der Waals surface area contributed by atoms with Gasteiger partial charge in [0.05, 0.1) is 17.1 Å². The molecule has 0 aromatic heterocycles. The second kappa shape index (κ2) is 4.10. The fourth-order valence-electron chi connectivity index (χ4n) is 5.67. The van der Waals surface area contributed by atoms with E-state index in [2.05, 4.69) is 19.6 Å². The molecule has 0 heterocycles. The number of hydrogen-bond acceptors (Lipinski definition) is 4. The molecule has 4 saturated carbocycles. The predicted octanol–water partition coefficient (Wildman–Crippen LogP) is 3.13. The van der Waals surface area contributed by atoms with Gasteiger partial charge in [0.1, 0.15) is 5.60 Å². The Morgan fingerprint density at radius 3 is 2.33 bits per heavy atom. The molecule has 4 bridgehead atoms. The number of esters is 1. The number of carbonyl (C=O) groups is 1. The van der Waals surface area contributed by atoms with Crippen LogP contribution in [0.2, 0.25) is 0 Å². The molecule has 0 aliphatic heterocycles. The van der Waals surface area contributed by atoms with E-state index in [1.807, 2.05) is 0 Å². The zero-order chi connectivity index (χ0) is 15.5. The SMILES string of the molecule is C=C(C)C(=O)OC12CC3(C)CC(C#N)(CC(OC)(C3)C1)C2. The minimum absolute atomic E-state index is 0.00977. The van der Waals surface area contributed by atoms with Crippen molar-refractivity contribution in [3.8, 4) is 6.07 Å². The highest BCUT2D eigenvalue weighted by atomic mass is 16.6. The number of hydrogen-bond donors (Lipinski definition) is 0. The maximum absolute atomic E-state index is 12.1. The van der Waals surface area contributed by atoms with Gasteiger partial charge in [0.25, 0.3) is 0 Å². The average molecular weight is 289 g/mol. The van der Waals surface area contributed by atoms with E-state index in [1.54, 1.807) is 14.0 Å². The summed E-state index contributed by atoms with van der Waals surface area (Å²) >= 11 is 0.